The van der Waals surface area contributed by atoms with Crippen molar-refractivity contribution in [3.05, 3.63) is 0 Å². The smallest absolute Gasteiger partial charge is 0.317 e. The van der Waals surface area contributed by atoms with E-state index in [0.29, 0.717) is 6.54 Å². The van der Waals surface area contributed by atoms with Crippen molar-refractivity contribution in [2.45, 2.75) is 0 Å². The zero-order valence-corrected chi connectivity index (χ0v) is 5.37. The van der Waals surface area contributed by atoms with Crippen LogP contribution in [-0.4, -0.2) is 47.8 Å². The average molecular weight is 133 g/mol. The summed E-state index contributed by atoms with van der Waals surface area (Å²) in [6, 6.07) is 0. The van der Waals surface area contributed by atoms with Gasteiger partial charge in [-0.3, -0.25) is 9.69 Å². The summed E-state index contributed by atoms with van der Waals surface area (Å²) >= 11 is 0. The van der Waals surface area contributed by atoms with Crippen LogP contribution in [0.1, 0.15) is 0 Å². The van der Waals surface area contributed by atoms with Crippen molar-refractivity contribution >= 4 is 5.97 Å². The molecular weight excluding hydrogens is 122 g/mol. The van der Waals surface area contributed by atoms with Gasteiger partial charge in [-0.25, -0.2) is 0 Å². The van der Waals surface area contributed by atoms with Gasteiger partial charge in [0.1, 0.15) is 0 Å². The first-order valence-corrected chi connectivity index (χ1v) is 2.68. The number of nitrogens with zero attached hydrogens (tertiary/aromatic N) is 1. The Morgan fingerprint density at radius 3 is 2.56 bits per heavy atom. The van der Waals surface area contributed by atoms with Crippen LogP contribution in [0, 0.1) is 0 Å². The van der Waals surface area contributed by atoms with E-state index in [1.54, 1.807) is 7.05 Å². The van der Waals surface area contributed by atoms with Gasteiger partial charge in [-0.1, -0.05) is 0 Å². The van der Waals surface area contributed by atoms with Crippen LogP contribution >= 0.6 is 0 Å². The van der Waals surface area contributed by atoms with E-state index in [9.17, 15) is 4.79 Å². The minimum atomic E-state index is -0.869. The SMILES string of the molecule is CN(CCO)CC(=O)O. The minimum Gasteiger partial charge on any atom is -0.480 e. The molecule has 0 rings (SSSR count). The van der Waals surface area contributed by atoms with E-state index in [-0.39, 0.29) is 13.2 Å². The van der Waals surface area contributed by atoms with Crippen molar-refractivity contribution in [3.8, 4) is 0 Å². The largest absolute Gasteiger partial charge is 0.480 e. The second kappa shape index (κ2) is 4.29. The van der Waals surface area contributed by atoms with E-state index in [1.165, 1.54) is 4.90 Å². The highest BCUT2D eigenvalue weighted by Crippen LogP contribution is 1.78. The van der Waals surface area contributed by atoms with Crippen molar-refractivity contribution in [3.63, 3.8) is 0 Å². The van der Waals surface area contributed by atoms with Crippen LogP contribution in [0.4, 0.5) is 0 Å². The van der Waals surface area contributed by atoms with Crippen molar-refractivity contribution in [1.29, 1.82) is 0 Å². The lowest BCUT2D eigenvalue weighted by Crippen LogP contribution is -2.28. The zero-order chi connectivity index (χ0) is 7.28. The molecule has 0 aromatic rings. The van der Waals surface area contributed by atoms with Gasteiger partial charge in [-0.2, -0.15) is 0 Å². The summed E-state index contributed by atoms with van der Waals surface area (Å²) in [4.78, 5) is 11.5. The van der Waals surface area contributed by atoms with Gasteiger partial charge in [0, 0.05) is 6.54 Å². The van der Waals surface area contributed by atoms with E-state index in [1.807, 2.05) is 0 Å². The molecule has 0 bridgehead atoms. The maximum Gasteiger partial charge on any atom is 0.317 e. The normalized spacial score (nSPS) is 10.1. The van der Waals surface area contributed by atoms with Gasteiger partial charge in [0.25, 0.3) is 0 Å². The molecule has 0 atom stereocenters. The average Bonchev–Trinajstić information content (AvgIpc) is 1.63. The third-order valence-corrected chi connectivity index (χ3v) is 0.887. The number of hydrogen-bond donors (Lipinski definition) is 2. The number of likely N-dealkylation sites (N-methyl/N-ethyl adjacent to an activating group) is 1. The molecule has 0 unspecified atom stereocenters. The number of aliphatic hydroxyl groups is 1. The van der Waals surface area contributed by atoms with Crippen molar-refractivity contribution in [2.75, 3.05) is 26.7 Å². The number of carbonyl (C=O) groups is 1. The number of hydrogen-bond acceptors (Lipinski definition) is 3. The molecular formula is C5H11NO3. The lowest BCUT2D eigenvalue weighted by molar-refractivity contribution is -0.138. The van der Waals surface area contributed by atoms with E-state index in [4.69, 9.17) is 10.2 Å². The molecule has 54 valence electrons. The maximum absolute atomic E-state index is 9.96. The molecule has 0 heterocycles. The Bertz CT molecular complexity index is 94.2. The van der Waals surface area contributed by atoms with Gasteiger partial charge in [0.2, 0.25) is 0 Å². The molecule has 4 nitrogen and oxygen atoms in total. The van der Waals surface area contributed by atoms with E-state index in [2.05, 4.69) is 0 Å². The van der Waals surface area contributed by atoms with Crippen molar-refractivity contribution in [1.82, 2.24) is 4.90 Å². The number of aliphatic hydroxyl groups excluding tert-OH is 1. The molecule has 9 heavy (non-hydrogen) atoms. The van der Waals surface area contributed by atoms with Crippen LogP contribution in [0.2, 0.25) is 0 Å². The zero-order valence-electron chi connectivity index (χ0n) is 5.37. The topological polar surface area (TPSA) is 60.8 Å². The first kappa shape index (κ1) is 8.39. The third-order valence-electron chi connectivity index (χ3n) is 0.887. The van der Waals surface area contributed by atoms with E-state index in [0.717, 1.165) is 0 Å². The summed E-state index contributed by atoms with van der Waals surface area (Å²) in [5.74, 6) is -0.869. The molecule has 0 aliphatic carbocycles. The molecule has 0 aliphatic rings. The number of carboxylic acid groups (broad SMARTS) is 1. The summed E-state index contributed by atoms with van der Waals surface area (Å²) in [7, 11) is 1.64. The van der Waals surface area contributed by atoms with E-state index >= 15 is 0 Å². The number of aliphatic carboxylic acids is 1. The Labute approximate surface area is 53.7 Å². The second-order valence-corrected chi connectivity index (χ2v) is 1.86. The fraction of sp³-hybridized carbons (Fsp3) is 0.800. The molecule has 0 radical (unpaired) electrons. The minimum absolute atomic E-state index is 0.00375. The Morgan fingerprint density at radius 1 is 1.67 bits per heavy atom. The monoisotopic (exact) mass is 133 g/mol. The predicted octanol–water partition coefficient (Wildman–Crippen LogP) is -1.00. The van der Waals surface area contributed by atoms with Crippen LogP contribution in [0.3, 0.4) is 0 Å². The van der Waals surface area contributed by atoms with Gasteiger partial charge in [0.05, 0.1) is 13.2 Å². The highest BCUT2D eigenvalue weighted by atomic mass is 16.4. The summed E-state index contributed by atoms with van der Waals surface area (Å²) in [6.07, 6.45) is 0. The molecule has 0 aliphatic heterocycles. The van der Waals surface area contributed by atoms with Crippen LogP contribution in [0.25, 0.3) is 0 Å². The summed E-state index contributed by atoms with van der Waals surface area (Å²) in [5, 5.41) is 16.5. The number of rotatable bonds is 4. The quantitative estimate of drug-likeness (QED) is 0.516. The van der Waals surface area contributed by atoms with Crippen molar-refractivity contribution < 1.29 is 15.0 Å². The molecule has 0 aromatic heterocycles. The van der Waals surface area contributed by atoms with Gasteiger partial charge in [-0.05, 0) is 7.05 Å². The highest BCUT2D eigenvalue weighted by molar-refractivity contribution is 5.68. The fourth-order valence-electron chi connectivity index (χ4n) is 0.481. The third kappa shape index (κ3) is 5.26. The molecule has 0 spiro atoms. The van der Waals surface area contributed by atoms with Crippen LogP contribution < -0.4 is 0 Å². The van der Waals surface area contributed by atoms with E-state index < -0.39 is 5.97 Å². The molecule has 2 N–H and O–H groups in total. The predicted molar refractivity (Wildman–Crippen MR) is 32.2 cm³/mol. The summed E-state index contributed by atoms with van der Waals surface area (Å²) < 4.78 is 0. The molecule has 0 aromatic carbocycles. The second-order valence-electron chi connectivity index (χ2n) is 1.86. The maximum atomic E-state index is 9.96. The Morgan fingerprint density at radius 2 is 2.22 bits per heavy atom. The summed E-state index contributed by atoms with van der Waals surface area (Å²) in [6.45, 7) is 0.399. The van der Waals surface area contributed by atoms with Crippen molar-refractivity contribution in [2.24, 2.45) is 0 Å². The van der Waals surface area contributed by atoms with Crippen LogP contribution in [0.5, 0.6) is 0 Å². The fourth-order valence-corrected chi connectivity index (χ4v) is 0.481. The molecule has 4 heteroatoms. The lowest BCUT2D eigenvalue weighted by Gasteiger charge is -2.10. The summed E-state index contributed by atoms with van der Waals surface area (Å²) in [5.41, 5.74) is 0. The van der Waals surface area contributed by atoms with Gasteiger partial charge in [-0.15, -0.1) is 0 Å². The lowest BCUT2D eigenvalue weighted by atomic mass is 10.5. The Balaban J connectivity index is 3.26. The first-order valence-electron chi connectivity index (χ1n) is 2.68. The van der Waals surface area contributed by atoms with Gasteiger partial charge >= 0.3 is 5.97 Å². The Kier molecular flexibility index (Phi) is 4.00. The molecule has 0 saturated carbocycles. The van der Waals surface area contributed by atoms with Gasteiger partial charge in [0.15, 0.2) is 0 Å². The molecule has 0 amide bonds. The first-order chi connectivity index (χ1) is 4.16. The van der Waals surface area contributed by atoms with Crippen LogP contribution in [0.15, 0.2) is 0 Å². The highest BCUT2D eigenvalue weighted by Gasteiger charge is 2.00. The van der Waals surface area contributed by atoms with Gasteiger partial charge < -0.3 is 10.2 Å². The van der Waals surface area contributed by atoms with Crippen LogP contribution in [-0.2, 0) is 4.79 Å². The Hall–Kier alpha value is -0.610. The number of carboxylic acids is 1. The molecule has 0 saturated heterocycles. The molecule has 0 fully saturated rings. The standard InChI is InChI=1S/C5H11NO3/c1-6(2-3-7)4-5(8)9/h7H,2-4H2,1H3,(H,8,9).